The lowest BCUT2D eigenvalue weighted by Gasteiger charge is -2.16. The van der Waals surface area contributed by atoms with E-state index in [4.69, 9.17) is 4.74 Å². The van der Waals surface area contributed by atoms with Crippen molar-refractivity contribution < 1.29 is 14.3 Å². The highest BCUT2D eigenvalue weighted by molar-refractivity contribution is 7.99. The number of aromatic nitrogens is 2. The zero-order chi connectivity index (χ0) is 21.6. The second-order valence-electron chi connectivity index (χ2n) is 7.51. The molecule has 1 aliphatic heterocycles. The summed E-state index contributed by atoms with van der Waals surface area (Å²) < 4.78 is 8.00. The maximum Gasteiger partial charge on any atom is 0.234 e. The number of nitrogens with one attached hydrogen (secondary N) is 1. The molecule has 160 valence electrons. The third-order valence-corrected chi connectivity index (χ3v) is 6.20. The largest absolute Gasteiger partial charge is 0.376 e. The van der Waals surface area contributed by atoms with Crippen molar-refractivity contribution in [3.8, 4) is 11.3 Å². The molecule has 3 aromatic rings. The van der Waals surface area contributed by atoms with E-state index in [0.717, 1.165) is 42.4 Å². The Labute approximate surface area is 186 Å². The summed E-state index contributed by atoms with van der Waals surface area (Å²) >= 11 is 1.41. The van der Waals surface area contributed by atoms with Gasteiger partial charge in [0.15, 0.2) is 10.9 Å². The first-order valence-corrected chi connectivity index (χ1v) is 11.3. The first-order valence-electron chi connectivity index (χ1n) is 10.4. The Hall–Kier alpha value is -2.90. The molecule has 1 aromatic heterocycles. The molecule has 0 saturated carbocycles. The van der Waals surface area contributed by atoms with Gasteiger partial charge in [0.1, 0.15) is 0 Å². The van der Waals surface area contributed by atoms with Gasteiger partial charge in [-0.3, -0.25) is 9.59 Å². The number of ketones is 1. The van der Waals surface area contributed by atoms with Crippen LogP contribution < -0.4 is 5.32 Å². The van der Waals surface area contributed by atoms with E-state index >= 15 is 0 Å². The molecule has 0 unspecified atom stereocenters. The number of hydrogen-bond acceptors (Lipinski definition) is 5. The maximum atomic E-state index is 12.5. The molecule has 7 heteroatoms. The van der Waals surface area contributed by atoms with Crippen LogP contribution >= 0.6 is 11.8 Å². The van der Waals surface area contributed by atoms with Crippen molar-refractivity contribution >= 4 is 29.1 Å². The van der Waals surface area contributed by atoms with Crippen LogP contribution in [0.3, 0.4) is 0 Å². The molecule has 0 spiro atoms. The number of imidazole rings is 1. The smallest absolute Gasteiger partial charge is 0.234 e. The number of hydrogen-bond donors (Lipinski definition) is 1. The highest BCUT2D eigenvalue weighted by atomic mass is 32.2. The molecule has 1 N–H and O–H groups in total. The van der Waals surface area contributed by atoms with Gasteiger partial charge in [-0.2, -0.15) is 0 Å². The minimum absolute atomic E-state index is 0.000677. The Kier molecular flexibility index (Phi) is 6.84. The zero-order valence-corrected chi connectivity index (χ0v) is 18.2. The van der Waals surface area contributed by atoms with E-state index in [2.05, 4.69) is 27.0 Å². The van der Waals surface area contributed by atoms with Gasteiger partial charge in [-0.25, -0.2) is 4.98 Å². The summed E-state index contributed by atoms with van der Waals surface area (Å²) in [6, 6.07) is 17.1. The summed E-state index contributed by atoms with van der Waals surface area (Å²) in [6.07, 6.45) is 4.15. The molecule has 31 heavy (non-hydrogen) atoms. The number of rotatable bonds is 8. The standard InChI is InChI=1S/C24H25N3O3S/c1-17(28)18-9-11-20(12-10-18)26-23(29)16-31-24-25-14-22(19-6-3-2-4-7-19)27(24)15-21-8-5-13-30-21/h2-4,6-7,9-12,14,21H,5,8,13,15-16H2,1H3,(H,26,29)/t21-/m1/s1. The zero-order valence-electron chi connectivity index (χ0n) is 17.4. The fourth-order valence-electron chi connectivity index (χ4n) is 3.60. The molecule has 2 aromatic carbocycles. The molecule has 1 saturated heterocycles. The molecular weight excluding hydrogens is 410 g/mol. The number of ether oxygens (including phenoxy) is 1. The summed E-state index contributed by atoms with van der Waals surface area (Å²) in [6.45, 7) is 3.04. The first-order chi connectivity index (χ1) is 15.1. The van der Waals surface area contributed by atoms with Crippen molar-refractivity contribution in [3.63, 3.8) is 0 Å². The molecule has 4 rings (SSSR count). The average Bonchev–Trinajstić information content (AvgIpc) is 3.44. The third-order valence-electron chi connectivity index (χ3n) is 5.21. The van der Waals surface area contributed by atoms with E-state index in [1.807, 2.05) is 24.4 Å². The van der Waals surface area contributed by atoms with Gasteiger partial charge in [-0.05, 0) is 49.6 Å². The molecule has 0 bridgehead atoms. The number of carbonyl (C=O) groups excluding carboxylic acids is 2. The van der Waals surface area contributed by atoms with Crippen LogP contribution in [0.1, 0.15) is 30.1 Å². The van der Waals surface area contributed by atoms with Gasteiger partial charge in [-0.1, -0.05) is 42.1 Å². The second kappa shape index (κ2) is 9.94. The number of amides is 1. The Bertz CT molecular complexity index is 1040. The van der Waals surface area contributed by atoms with E-state index in [1.165, 1.54) is 18.7 Å². The second-order valence-corrected chi connectivity index (χ2v) is 8.45. The Balaban J connectivity index is 1.45. The first kappa shape index (κ1) is 21.3. The molecule has 1 fully saturated rings. The maximum absolute atomic E-state index is 12.5. The summed E-state index contributed by atoms with van der Waals surface area (Å²) in [7, 11) is 0. The summed E-state index contributed by atoms with van der Waals surface area (Å²) in [5, 5.41) is 3.68. The van der Waals surface area contributed by atoms with Gasteiger partial charge in [0.2, 0.25) is 5.91 Å². The van der Waals surface area contributed by atoms with E-state index < -0.39 is 0 Å². The van der Waals surface area contributed by atoms with Crippen molar-refractivity contribution in [2.24, 2.45) is 0 Å². The number of thioether (sulfide) groups is 1. The fraction of sp³-hybridized carbons (Fsp3) is 0.292. The quantitative estimate of drug-likeness (QED) is 0.411. The van der Waals surface area contributed by atoms with Crippen LogP contribution in [0.4, 0.5) is 5.69 Å². The van der Waals surface area contributed by atoms with E-state index in [9.17, 15) is 9.59 Å². The van der Waals surface area contributed by atoms with Gasteiger partial charge in [0.05, 0.1) is 30.3 Å². The van der Waals surface area contributed by atoms with E-state index in [0.29, 0.717) is 11.3 Å². The number of carbonyl (C=O) groups is 2. The highest BCUT2D eigenvalue weighted by Crippen LogP contribution is 2.28. The van der Waals surface area contributed by atoms with Crippen LogP contribution in [0.25, 0.3) is 11.3 Å². The van der Waals surface area contributed by atoms with Gasteiger partial charge >= 0.3 is 0 Å². The van der Waals surface area contributed by atoms with Crippen LogP contribution in [-0.2, 0) is 16.1 Å². The molecular formula is C24H25N3O3S. The van der Waals surface area contributed by atoms with Crippen LogP contribution in [0, 0.1) is 0 Å². The summed E-state index contributed by atoms with van der Waals surface area (Å²) in [5.41, 5.74) is 3.41. The Morgan fingerprint density at radius 2 is 1.94 bits per heavy atom. The normalized spacial score (nSPS) is 15.7. The van der Waals surface area contributed by atoms with E-state index in [-0.39, 0.29) is 23.5 Å². The molecule has 0 aliphatic carbocycles. The van der Waals surface area contributed by atoms with Crippen LogP contribution in [0.15, 0.2) is 66.0 Å². The molecule has 1 atom stereocenters. The Morgan fingerprint density at radius 3 is 2.61 bits per heavy atom. The lowest BCUT2D eigenvalue weighted by molar-refractivity contribution is -0.113. The van der Waals surface area contributed by atoms with Crippen LogP contribution in [0.5, 0.6) is 0 Å². The highest BCUT2D eigenvalue weighted by Gasteiger charge is 2.21. The van der Waals surface area contributed by atoms with E-state index in [1.54, 1.807) is 24.3 Å². The number of Topliss-reactive ketones (excluding diaryl/α,β-unsaturated/α-hetero) is 1. The summed E-state index contributed by atoms with van der Waals surface area (Å²) in [5.74, 6) is 0.125. The van der Waals surface area contributed by atoms with Crippen LogP contribution in [0.2, 0.25) is 0 Å². The van der Waals surface area contributed by atoms with Gasteiger partial charge in [0, 0.05) is 17.9 Å². The van der Waals surface area contributed by atoms with Crippen molar-refractivity contribution in [1.29, 1.82) is 0 Å². The van der Waals surface area contributed by atoms with Crippen molar-refractivity contribution in [2.45, 2.75) is 37.6 Å². The minimum atomic E-state index is -0.117. The molecule has 0 radical (unpaired) electrons. The van der Waals surface area contributed by atoms with Gasteiger partial charge in [0.25, 0.3) is 0 Å². The molecule has 6 nitrogen and oxygen atoms in total. The summed E-state index contributed by atoms with van der Waals surface area (Å²) in [4.78, 5) is 28.5. The lowest BCUT2D eigenvalue weighted by atomic mass is 10.1. The fourth-order valence-corrected chi connectivity index (χ4v) is 4.39. The monoisotopic (exact) mass is 435 g/mol. The number of anilines is 1. The van der Waals surface area contributed by atoms with Crippen LogP contribution in [-0.4, -0.2) is 39.7 Å². The lowest BCUT2D eigenvalue weighted by Crippen LogP contribution is -2.18. The van der Waals surface area contributed by atoms with Crippen molar-refractivity contribution in [3.05, 3.63) is 66.4 Å². The molecule has 1 aliphatic rings. The minimum Gasteiger partial charge on any atom is -0.376 e. The topological polar surface area (TPSA) is 73.2 Å². The average molecular weight is 436 g/mol. The number of benzene rings is 2. The predicted octanol–water partition coefficient (Wildman–Crippen LogP) is 4.66. The molecule has 1 amide bonds. The van der Waals surface area contributed by atoms with Crippen molar-refractivity contribution in [2.75, 3.05) is 17.7 Å². The molecule has 2 heterocycles. The van der Waals surface area contributed by atoms with Gasteiger partial charge < -0.3 is 14.6 Å². The Morgan fingerprint density at radius 1 is 1.16 bits per heavy atom. The predicted molar refractivity (Wildman–Crippen MR) is 122 cm³/mol. The van der Waals surface area contributed by atoms with Gasteiger partial charge in [-0.15, -0.1) is 0 Å². The van der Waals surface area contributed by atoms with Crippen molar-refractivity contribution in [1.82, 2.24) is 9.55 Å². The SMILES string of the molecule is CC(=O)c1ccc(NC(=O)CSc2ncc(-c3ccccc3)n2C[C@H]2CCCO2)cc1. The third kappa shape index (κ3) is 5.42. The number of nitrogens with zero attached hydrogens (tertiary/aromatic N) is 2.